The van der Waals surface area contributed by atoms with Crippen molar-refractivity contribution in [3.05, 3.63) is 23.1 Å². The molecule has 0 aromatic carbocycles. The summed E-state index contributed by atoms with van der Waals surface area (Å²) < 4.78 is 24.9. The molecule has 7 heteroatoms. The van der Waals surface area contributed by atoms with Gasteiger partial charge in [0.2, 0.25) is 5.88 Å². The minimum Gasteiger partial charge on any atom is -0.477 e. The van der Waals surface area contributed by atoms with Gasteiger partial charge in [-0.15, -0.1) is 0 Å². The Hall–Kier alpha value is -2.02. The minimum absolute atomic E-state index is 0.0231. The molecule has 0 aliphatic carbocycles. The van der Waals surface area contributed by atoms with E-state index in [2.05, 4.69) is 9.88 Å². The second kappa shape index (κ2) is 6.84. The van der Waals surface area contributed by atoms with E-state index in [9.17, 15) is 4.39 Å². The molecule has 130 valence electrons. The summed E-state index contributed by atoms with van der Waals surface area (Å²) in [5.41, 5.74) is 1.27. The second-order valence-electron chi connectivity index (χ2n) is 6.43. The maximum atomic E-state index is 14.4. The first kappa shape index (κ1) is 16.8. The Morgan fingerprint density at radius 2 is 2.12 bits per heavy atom. The molecule has 2 N–H and O–H groups in total. The number of fused-ring (bicyclic) bond motifs is 1. The number of pyridine rings is 1. The maximum Gasteiger partial charge on any atom is 0.217 e. The molecule has 1 aromatic rings. The van der Waals surface area contributed by atoms with Crippen LogP contribution < -0.4 is 4.74 Å². The second-order valence-corrected chi connectivity index (χ2v) is 6.43. The minimum atomic E-state index is -0.274. The van der Waals surface area contributed by atoms with Crippen molar-refractivity contribution in [1.82, 2.24) is 9.88 Å². The molecule has 2 aliphatic heterocycles. The van der Waals surface area contributed by atoms with Crippen molar-refractivity contribution in [2.75, 3.05) is 19.7 Å². The van der Waals surface area contributed by atoms with E-state index in [1.807, 2.05) is 6.92 Å². The van der Waals surface area contributed by atoms with Crippen molar-refractivity contribution >= 4 is 11.8 Å². The molecule has 1 unspecified atom stereocenters. The first-order valence-corrected chi connectivity index (χ1v) is 8.33. The SMILES string of the molecule is CC(=N)OC(=N)C1CCN(C(C)c2nc3c(cc2F)CCO3)CC1. The van der Waals surface area contributed by atoms with Gasteiger partial charge in [0.05, 0.1) is 18.3 Å². The summed E-state index contributed by atoms with van der Waals surface area (Å²) in [6, 6.07) is 1.41. The lowest BCUT2D eigenvalue weighted by atomic mass is 9.95. The predicted molar refractivity (Wildman–Crippen MR) is 88.3 cm³/mol. The zero-order valence-electron chi connectivity index (χ0n) is 14.1. The molecule has 0 bridgehead atoms. The van der Waals surface area contributed by atoms with Gasteiger partial charge in [-0.25, -0.2) is 9.37 Å². The summed E-state index contributed by atoms with van der Waals surface area (Å²) in [7, 11) is 0. The maximum absolute atomic E-state index is 14.4. The van der Waals surface area contributed by atoms with Gasteiger partial charge in [-0.1, -0.05) is 0 Å². The number of aromatic nitrogens is 1. The van der Waals surface area contributed by atoms with Crippen molar-refractivity contribution < 1.29 is 13.9 Å². The highest BCUT2D eigenvalue weighted by Gasteiger charge is 2.30. The molecule has 3 rings (SSSR count). The van der Waals surface area contributed by atoms with Crippen molar-refractivity contribution in [3.63, 3.8) is 0 Å². The fraction of sp³-hybridized carbons (Fsp3) is 0.588. The monoisotopic (exact) mass is 334 g/mol. The Kier molecular flexibility index (Phi) is 4.80. The highest BCUT2D eigenvalue weighted by Crippen LogP contribution is 2.31. The average molecular weight is 334 g/mol. The van der Waals surface area contributed by atoms with Crippen molar-refractivity contribution in [2.45, 2.75) is 39.2 Å². The molecule has 0 radical (unpaired) electrons. The number of hydrogen-bond acceptors (Lipinski definition) is 6. The van der Waals surface area contributed by atoms with E-state index < -0.39 is 0 Å². The van der Waals surface area contributed by atoms with Crippen LogP contribution >= 0.6 is 0 Å². The van der Waals surface area contributed by atoms with Gasteiger partial charge in [0, 0.05) is 24.8 Å². The molecule has 1 aromatic heterocycles. The first-order chi connectivity index (χ1) is 11.5. The number of rotatable bonds is 3. The molecular weight excluding hydrogens is 311 g/mol. The van der Waals surface area contributed by atoms with E-state index >= 15 is 0 Å². The third-order valence-corrected chi connectivity index (χ3v) is 4.76. The predicted octanol–water partition coefficient (Wildman–Crippen LogP) is 2.92. The van der Waals surface area contributed by atoms with Crippen molar-refractivity contribution in [1.29, 1.82) is 10.8 Å². The zero-order valence-corrected chi connectivity index (χ0v) is 14.1. The highest BCUT2D eigenvalue weighted by molar-refractivity contribution is 5.88. The molecule has 24 heavy (non-hydrogen) atoms. The van der Waals surface area contributed by atoms with Gasteiger partial charge in [0.1, 0.15) is 5.82 Å². The Bertz CT molecular complexity index is 656. The van der Waals surface area contributed by atoms with Crippen LogP contribution in [0.5, 0.6) is 5.88 Å². The Balaban J connectivity index is 1.64. The summed E-state index contributed by atoms with van der Waals surface area (Å²) in [6.45, 7) is 5.54. The summed E-state index contributed by atoms with van der Waals surface area (Å²) in [4.78, 5) is 6.56. The van der Waals surface area contributed by atoms with Gasteiger partial charge in [0.25, 0.3) is 0 Å². The molecule has 1 atom stereocenters. The average Bonchev–Trinajstić information content (AvgIpc) is 3.00. The lowest BCUT2D eigenvalue weighted by Crippen LogP contribution is -2.39. The quantitative estimate of drug-likeness (QED) is 0.658. The van der Waals surface area contributed by atoms with Crippen molar-refractivity contribution in [3.8, 4) is 5.88 Å². The third-order valence-electron chi connectivity index (χ3n) is 4.76. The number of piperidine rings is 1. The number of ether oxygens (including phenoxy) is 2. The largest absolute Gasteiger partial charge is 0.477 e. The molecule has 3 heterocycles. The van der Waals surface area contributed by atoms with Gasteiger partial charge in [-0.2, -0.15) is 0 Å². The van der Waals surface area contributed by atoms with Crippen LogP contribution in [-0.4, -0.2) is 41.4 Å². The normalized spacial score (nSPS) is 19.5. The molecule has 0 spiro atoms. The Morgan fingerprint density at radius 3 is 2.79 bits per heavy atom. The lowest BCUT2D eigenvalue weighted by Gasteiger charge is -2.35. The standard InChI is InChI=1S/C17H23FN4O2/c1-10(15-14(18)9-13-5-8-23-17(13)21-15)22-6-3-12(4-7-22)16(20)24-11(2)19/h9-10,12,19-20H,3-8H2,1-2H3. The van der Waals surface area contributed by atoms with Crippen LogP contribution in [0.4, 0.5) is 4.39 Å². The molecular formula is C17H23FN4O2. The molecule has 2 aliphatic rings. The molecule has 0 saturated carbocycles. The number of likely N-dealkylation sites (tertiary alicyclic amines) is 1. The van der Waals surface area contributed by atoms with Crippen LogP contribution in [0.3, 0.4) is 0 Å². The van der Waals surface area contributed by atoms with Crippen LogP contribution in [0, 0.1) is 22.6 Å². The summed E-state index contributed by atoms with van der Waals surface area (Å²) >= 11 is 0. The molecule has 6 nitrogen and oxygen atoms in total. The van der Waals surface area contributed by atoms with Gasteiger partial charge in [-0.05, 0) is 38.9 Å². The third kappa shape index (κ3) is 3.40. The number of hydrogen-bond donors (Lipinski definition) is 2. The lowest BCUT2D eigenvalue weighted by molar-refractivity contribution is 0.149. The van der Waals surface area contributed by atoms with Gasteiger partial charge in [0.15, 0.2) is 11.8 Å². The van der Waals surface area contributed by atoms with E-state index in [-0.39, 0.29) is 29.6 Å². The Morgan fingerprint density at radius 1 is 1.42 bits per heavy atom. The first-order valence-electron chi connectivity index (χ1n) is 8.33. The molecule has 1 fully saturated rings. The van der Waals surface area contributed by atoms with Crippen LogP contribution in [0.25, 0.3) is 0 Å². The van der Waals surface area contributed by atoms with Gasteiger partial charge < -0.3 is 9.47 Å². The van der Waals surface area contributed by atoms with Crippen molar-refractivity contribution in [2.24, 2.45) is 5.92 Å². The fourth-order valence-electron chi connectivity index (χ4n) is 3.35. The van der Waals surface area contributed by atoms with Gasteiger partial charge >= 0.3 is 0 Å². The smallest absolute Gasteiger partial charge is 0.217 e. The van der Waals surface area contributed by atoms with E-state index in [1.165, 1.54) is 6.92 Å². The molecule has 1 saturated heterocycles. The summed E-state index contributed by atoms with van der Waals surface area (Å²) in [5, 5.41) is 15.2. The van der Waals surface area contributed by atoms with Crippen LogP contribution in [0.1, 0.15) is 44.0 Å². The number of halogens is 1. The van der Waals surface area contributed by atoms with E-state index in [0.717, 1.165) is 31.5 Å². The number of nitrogens with one attached hydrogen (secondary N) is 2. The number of nitrogens with zero attached hydrogens (tertiary/aromatic N) is 2. The summed E-state index contributed by atoms with van der Waals surface area (Å²) in [6.07, 6.45) is 2.24. The van der Waals surface area contributed by atoms with E-state index in [0.29, 0.717) is 24.6 Å². The van der Waals surface area contributed by atoms with Crippen LogP contribution in [0.15, 0.2) is 6.07 Å². The summed E-state index contributed by atoms with van der Waals surface area (Å²) in [5.74, 6) is 0.509. The highest BCUT2D eigenvalue weighted by atomic mass is 19.1. The van der Waals surface area contributed by atoms with Crippen LogP contribution in [0.2, 0.25) is 0 Å². The Labute approximate surface area is 141 Å². The molecule has 0 amide bonds. The van der Waals surface area contributed by atoms with E-state index in [1.54, 1.807) is 6.07 Å². The van der Waals surface area contributed by atoms with E-state index in [4.69, 9.17) is 20.3 Å². The van der Waals surface area contributed by atoms with Crippen LogP contribution in [-0.2, 0) is 11.2 Å². The van der Waals surface area contributed by atoms with Gasteiger partial charge in [-0.3, -0.25) is 15.7 Å². The topological polar surface area (TPSA) is 82.3 Å². The zero-order chi connectivity index (χ0) is 17.3. The fourth-order valence-corrected chi connectivity index (χ4v) is 3.35.